The zero-order valence-corrected chi connectivity index (χ0v) is 15.0. The van der Waals surface area contributed by atoms with Crippen LogP contribution in [0.25, 0.3) is 38.6 Å². The Morgan fingerprint density at radius 1 is 0.714 bits per heavy atom. The second-order valence-corrected chi connectivity index (χ2v) is 7.65. The van der Waals surface area contributed by atoms with Crippen LogP contribution in [0.2, 0.25) is 0 Å². The van der Waals surface area contributed by atoms with Crippen LogP contribution in [0.15, 0.2) is 78.9 Å². The number of hydrogen-bond donors (Lipinski definition) is 0. The van der Waals surface area contributed by atoms with Gasteiger partial charge >= 0.3 is 0 Å². The Kier molecular flexibility index (Phi) is 2.42. The van der Waals surface area contributed by atoms with Gasteiger partial charge in [0.15, 0.2) is 0 Å². The van der Waals surface area contributed by atoms with E-state index in [-0.39, 0.29) is 6.71 Å². The smallest absolute Gasteiger partial charge is 0.250 e. The Labute approximate surface area is 162 Å². The molecule has 126 valence electrons. The van der Waals surface area contributed by atoms with Gasteiger partial charge in [-0.1, -0.05) is 66.1 Å². The minimum absolute atomic E-state index is 0.123. The van der Waals surface area contributed by atoms with Gasteiger partial charge in [0.05, 0.1) is 17.1 Å². The summed E-state index contributed by atoms with van der Waals surface area (Å²) >= 11 is 0. The van der Waals surface area contributed by atoms with Crippen molar-refractivity contribution < 1.29 is 0 Å². The van der Waals surface area contributed by atoms with E-state index in [0.29, 0.717) is 0 Å². The minimum atomic E-state index is 0.123. The number of aromatic nitrogens is 1. The van der Waals surface area contributed by atoms with Crippen LogP contribution in [0.3, 0.4) is 0 Å². The molecule has 0 N–H and O–H groups in total. The number of rotatable bonds is 0. The van der Waals surface area contributed by atoms with Crippen molar-refractivity contribution in [3.63, 3.8) is 0 Å². The van der Waals surface area contributed by atoms with E-state index in [0.717, 1.165) is 11.0 Å². The van der Waals surface area contributed by atoms with E-state index in [9.17, 15) is 5.26 Å². The number of benzene rings is 4. The lowest BCUT2D eigenvalue weighted by Gasteiger charge is -2.25. The molecule has 5 aromatic rings. The van der Waals surface area contributed by atoms with Crippen molar-refractivity contribution in [1.82, 2.24) is 4.57 Å². The molecule has 3 heterocycles. The monoisotopic (exact) mass is 352 g/mol. The molecule has 0 bridgehead atoms. The zero-order chi connectivity index (χ0) is 18.4. The van der Waals surface area contributed by atoms with Crippen molar-refractivity contribution in [3.05, 3.63) is 84.4 Å². The van der Waals surface area contributed by atoms with Gasteiger partial charge in [0.2, 0.25) is 6.71 Å². The highest BCUT2D eigenvalue weighted by Crippen LogP contribution is 2.37. The lowest BCUT2D eigenvalue weighted by atomic mass is 9.37. The fourth-order valence-corrected chi connectivity index (χ4v) is 5.46. The van der Waals surface area contributed by atoms with Crippen LogP contribution in [-0.4, -0.2) is 11.3 Å². The number of fused-ring (bicyclic) bond motifs is 8. The molecule has 2 nitrogen and oxygen atoms in total. The molecule has 3 heteroatoms. The van der Waals surface area contributed by atoms with E-state index < -0.39 is 0 Å². The zero-order valence-electron chi connectivity index (χ0n) is 15.0. The number of hydrogen-bond acceptors (Lipinski definition) is 1. The molecule has 2 aliphatic heterocycles. The van der Waals surface area contributed by atoms with E-state index >= 15 is 0 Å². The van der Waals surface area contributed by atoms with Crippen molar-refractivity contribution >= 4 is 44.9 Å². The first kappa shape index (κ1) is 14.3. The van der Waals surface area contributed by atoms with Crippen LogP contribution in [-0.2, 0) is 0 Å². The summed E-state index contributed by atoms with van der Waals surface area (Å²) < 4.78 is 2.38. The van der Waals surface area contributed by atoms with Crippen molar-refractivity contribution in [2.75, 3.05) is 0 Å². The van der Waals surface area contributed by atoms with Gasteiger partial charge in [-0.25, -0.2) is 0 Å². The quantitative estimate of drug-likeness (QED) is 0.384. The minimum Gasteiger partial charge on any atom is -0.310 e. The van der Waals surface area contributed by atoms with Crippen LogP contribution in [0.1, 0.15) is 5.56 Å². The molecule has 0 amide bonds. The molecule has 0 radical (unpaired) electrons. The lowest BCUT2D eigenvalue weighted by Crippen LogP contribution is -2.54. The molecule has 0 saturated heterocycles. The van der Waals surface area contributed by atoms with Gasteiger partial charge in [-0.2, -0.15) is 5.26 Å². The van der Waals surface area contributed by atoms with E-state index in [1.54, 1.807) is 0 Å². The van der Waals surface area contributed by atoms with E-state index in [1.807, 2.05) is 6.07 Å². The van der Waals surface area contributed by atoms with Gasteiger partial charge in [-0.3, -0.25) is 0 Å². The van der Waals surface area contributed by atoms with Crippen LogP contribution in [0.4, 0.5) is 0 Å². The summed E-state index contributed by atoms with van der Waals surface area (Å²) in [6.45, 7) is 0.123. The second kappa shape index (κ2) is 4.74. The molecule has 28 heavy (non-hydrogen) atoms. The van der Waals surface area contributed by atoms with Crippen molar-refractivity contribution in [1.29, 1.82) is 5.26 Å². The first-order chi connectivity index (χ1) is 13.9. The first-order valence-corrected chi connectivity index (χ1v) is 9.57. The third kappa shape index (κ3) is 1.45. The largest absolute Gasteiger partial charge is 0.310 e. The molecule has 2 aliphatic rings. The van der Waals surface area contributed by atoms with Gasteiger partial charge in [0, 0.05) is 22.0 Å². The summed E-state index contributed by atoms with van der Waals surface area (Å²) in [6, 6.07) is 30.4. The topological polar surface area (TPSA) is 28.7 Å². The average molecular weight is 352 g/mol. The maximum absolute atomic E-state index is 9.97. The summed E-state index contributed by atoms with van der Waals surface area (Å²) in [5.41, 5.74) is 10.8. The molecular formula is C25H13BN2. The molecule has 0 fully saturated rings. The molecule has 0 atom stereocenters. The second-order valence-electron chi connectivity index (χ2n) is 7.65. The van der Waals surface area contributed by atoms with Crippen LogP contribution in [0.5, 0.6) is 0 Å². The predicted molar refractivity (Wildman–Crippen MR) is 116 cm³/mol. The maximum Gasteiger partial charge on any atom is 0.250 e. The summed E-state index contributed by atoms with van der Waals surface area (Å²) in [5.74, 6) is 0. The summed E-state index contributed by atoms with van der Waals surface area (Å²) in [4.78, 5) is 0. The van der Waals surface area contributed by atoms with Crippen LogP contribution < -0.4 is 16.4 Å². The predicted octanol–water partition coefficient (Wildman–Crippen LogP) is 3.47. The van der Waals surface area contributed by atoms with Gasteiger partial charge in [0.25, 0.3) is 0 Å². The fraction of sp³-hybridized carbons (Fsp3) is 0. The molecule has 0 unspecified atom stereocenters. The first-order valence-electron chi connectivity index (χ1n) is 9.57. The standard InChI is InChI=1S/C25H13BN2/c27-14-15-12-13-19-17-7-2-4-10-21(17)28-22-11-5-8-18-16-6-1-3-9-20(16)26(24(18)22)23(15)25(19)28/h1-13H. The van der Waals surface area contributed by atoms with E-state index in [1.165, 1.54) is 49.5 Å². The van der Waals surface area contributed by atoms with Gasteiger partial charge < -0.3 is 4.57 Å². The SMILES string of the molecule is N#Cc1ccc2c3ccccc3n3c2c1B1c2ccccc2-c2cccc-3c21. The molecular weight excluding hydrogens is 339 g/mol. The highest BCUT2D eigenvalue weighted by Gasteiger charge is 2.41. The van der Waals surface area contributed by atoms with Crippen LogP contribution in [0, 0.1) is 11.3 Å². The summed E-state index contributed by atoms with van der Waals surface area (Å²) in [7, 11) is 0. The molecule has 1 aromatic heterocycles. The van der Waals surface area contributed by atoms with Gasteiger partial charge in [0.1, 0.15) is 0 Å². The molecule has 0 spiro atoms. The maximum atomic E-state index is 9.97. The highest BCUT2D eigenvalue weighted by atomic mass is 15.0. The van der Waals surface area contributed by atoms with Crippen LogP contribution >= 0.6 is 0 Å². The molecule has 4 aromatic carbocycles. The Morgan fingerprint density at radius 2 is 1.54 bits per heavy atom. The Balaban J connectivity index is 1.81. The Morgan fingerprint density at radius 3 is 2.46 bits per heavy atom. The normalized spacial score (nSPS) is 12.9. The lowest BCUT2D eigenvalue weighted by molar-refractivity contribution is 1.19. The number of nitriles is 1. The molecule has 0 saturated carbocycles. The van der Waals surface area contributed by atoms with Crippen molar-refractivity contribution in [2.24, 2.45) is 0 Å². The van der Waals surface area contributed by atoms with E-state index in [4.69, 9.17) is 0 Å². The van der Waals surface area contributed by atoms with Gasteiger partial charge in [-0.15, -0.1) is 0 Å². The summed E-state index contributed by atoms with van der Waals surface area (Å²) in [6.07, 6.45) is 0. The number of para-hydroxylation sites is 1. The molecule has 0 aliphatic carbocycles. The fourth-order valence-electron chi connectivity index (χ4n) is 5.46. The van der Waals surface area contributed by atoms with Crippen molar-refractivity contribution in [3.8, 4) is 22.9 Å². The van der Waals surface area contributed by atoms with E-state index in [2.05, 4.69) is 83.4 Å². The average Bonchev–Trinajstić information content (AvgIpc) is 3.27. The number of nitrogens with zero attached hydrogens (tertiary/aromatic N) is 2. The third-order valence-electron chi connectivity index (χ3n) is 6.46. The Bertz CT molecular complexity index is 1530. The highest BCUT2D eigenvalue weighted by molar-refractivity contribution is 7.01. The molecule has 7 rings (SSSR count). The van der Waals surface area contributed by atoms with Crippen molar-refractivity contribution in [2.45, 2.75) is 0 Å². The third-order valence-corrected chi connectivity index (χ3v) is 6.46. The van der Waals surface area contributed by atoms with Gasteiger partial charge in [-0.05, 0) is 40.3 Å². The summed E-state index contributed by atoms with van der Waals surface area (Å²) in [5, 5.41) is 12.4. The Hall–Kier alpha value is -3.77.